The first-order valence-electron chi connectivity index (χ1n) is 8.63. The molecule has 0 atom stereocenters. The van der Waals surface area contributed by atoms with E-state index in [0.717, 1.165) is 28.5 Å². The van der Waals surface area contributed by atoms with Crippen LogP contribution < -0.4 is 10.9 Å². The Morgan fingerprint density at radius 2 is 1.90 bits per heavy atom. The summed E-state index contributed by atoms with van der Waals surface area (Å²) in [7, 11) is 0. The number of H-pyrrole nitrogens is 1. The Labute approximate surface area is 169 Å². The number of thioether (sulfide) groups is 1. The van der Waals surface area contributed by atoms with Crippen LogP contribution in [0, 0.1) is 6.92 Å². The van der Waals surface area contributed by atoms with Crippen molar-refractivity contribution in [1.82, 2.24) is 41.3 Å². The number of aromatic nitrogens is 6. The molecule has 10 nitrogen and oxygen atoms in total. The molecule has 4 aromatic rings. The molecule has 0 aliphatic rings. The summed E-state index contributed by atoms with van der Waals surface area (Å²) in [6.45, 7) is 1.95. The lowest BCUT2D eigenvalue weighted by atomic mass is 10.2. The van der Waals surface area contributed by atoms with Crippen LogP contribution >= 0.6 is 11.8 Å². The van der Waals surface area contributed by atoms with Gasteiger partial charge in [0.05, 0.1) is 17.0 Å². The predicted octanol–water partition coefficient (Wildman–Crippen LogP) is 1.40. The van der Waals surface area contributed by atoms with Gasteiger partial charge >= 0.3 is 0 Å². The largest absolute Gasteiger partial charge is 0.290 e. The molecular formula is C18H16N8O2S. The van der Waals surface area contributed by atoms with Gasteiger partial charge in [0.25, 0.3) is 5.91 Å². The number of benzene rings is 2. The van der Waals surface area contributed by atoms with Gasteiger partial charge in [0, 0.05) is 5.39 Å². The van der Waals surface area contributed by atoms with Gasteiger partial charge in [-0.3, -0.25) is 25.5 Å². The van der Waals surface area contributed by atoms with Crippen LogP contribution in [0.4, 0.5) is 0 Å². The summed E-state index contributed by atoms with van der Waals surface area (Å²) in [6, 6.07) is 14.9. The van der Waals surface area contributed by atoms with Crippen LogP contribution in [0.25, 0.3) is 16.6 Å². The summed E-state index contributed by atoms with van der Waals surface area (Å²) in [5.74, 6) is -0.888. The summed E-state index contributed by atoms with van der Waals surface area (Å²) in [4.78, 5) is 24.4. The van der Waals surface area contributed by atoms with Crippen molar-refractivity contribution in [2.75, 3.05) is 5.75 Å². The second-order valence-corrected chi connectivity index (χ2v) is 7.01. The number of aryl methyl sites for hydroxylation is 1. The molecule has 0 fully saturated rings. The van der Waals surface area contributed by atoms with E-state index in [0.29, 0.717) is 10.5 Å². The number of nitrogens with zero attached hydrogens (tertiary/aromatic N) is 5. The molecule has 2 aromatic heterocycles. The SMILES string of the molecule is Cc1ccccc1-n1nnnc1SCC(=O)NNC(=O)c1n[nH]c2ccccc12. The summed E-state index contributed by atoms with van der Waals surface area (Å²) in [5.41, 5.74) is 7.53. The number of hydrazine groups is 1. The van der Waals surface area contributed by atoms with Gasteiger partial charge in [0.15, 0.2) is 5.69 Å². The Hall–Kier alpha value is -3.73. The molecule has 3 N–H and O–H groups in total. The number of rotatable bonds is 5. The van der Waals surface area contributed by atoms with E-state index in [4.69, 9.17) is 0 Å². The van der Waals surface area contributed by atoms with Gasteiger partial charge in [0.2, 0.25) is 11.1 Å². The smallest absolute Gasteiger partial charge is 0.277 e. The van der Waals surface area contributed by atoms with Crippen molar-refractivity contribution in [1.29, 1.82) is 0 Å². The average molecular weight is 408 g/mol. The molecule has 146 valence electrons. The zero-order valence-corrected chi connectivity index (χ0v) is 16.1. The van der Waals surface area contributed by atoms with Crippen LogP contribution in [-0.4, -0.2) is 48.0 Å². The van der Waals surface area contributed by atoms with Gasteiger partial charge in [-0.1, -0.05) is 48.2 Å². The molecule has 0 unspecified atom stereocenters. The zero-order chi connectivity index (χ0) is 20.2. The Bertz CT molecular complexity index is 1190. The summed E-state index contributed by atoms with van der Waals surface area (Å²) in [6.07, 6.45) is 0. The van der Waals surface area contributed by atoms with Crippen LogP contribution in [0.2, 0.25) is 0 Å². The molecule has 0 radical (unpaired) electrons. The third kappa shape index (κ3) is 3.94. The third-order valence-electron chi connectivity index (χ3n) is 4.12. The van der Waals surface area contributed by atoms with E-state index in [2.05, 4.69) is 36.6 Å². The van der Waals surface area contributed by atoms with E-state index in [9.17, 15) is 9.59 Å². The number of tetrazole rings is 1. The maximum atomic E-state index is 12.3. The number of nitrogens with one attached hydrogen (secondary N) is 3. The highest BCUT2D eigenvalue weighted by Crippen LogP contribution is 2.20. The second-order valence-electron chi connectivity index (χ2n) is 6.07. The lowest BCUT2D eigenvalue weighted by molar-refractivity contribution is -0.119. The fourth-order valence-corrected chi connectivity index (χ4v) is 3.39. The van der Waals surface area contributed by atoms with E-state index in [1.165, 1.54) is 0 Å². The number of para-hydroxylation sites is 2. The van der Waals surface area contributed by atoms with Crippen molar-refractivity contribution in [3.8, 4) is 5.69 Å². The van der Waals surface area contributed by atoms with Gasteiger partial charge < -0.3 is 0 Å². The van der Waals surface area contributed by atoms with Gasteiger partial charge in [-0.15, -0.1) is 5.10 Å². The molecule has 0 saturated heterocycles. The molecule has 2 aromatic carbocycles. The van der Waals surface area contributed by atoms with Gasteiger partial charge in [0.1, 0.15) is 0 Å². The summed E-state index contributed by atoms with van der Waals surface area (Å²) >= 11 is 1.16. The van der Waals surface area contributed by atoms with Crippen molar-refractivity contribution in [3.05, 3.63) is 59.8 Å². The van der Waals surface area contributed by atoms with Crippen molar-refractivity contribution in [2.24, 2.45) is 0 Å². The minimum Gasteiger partial charge on any atom is -0.277 e. The Morgan fingerprint density at radius 1 is 1.10 bits per heavy atom. The summed E-state index contributed by atoms with van der Waals surface area (Å²) in [5, 5.41) is 19.5. The van der Waals surface area contributed by atoms with Crippen LogP contribution in [0.1, 0.15) is 16.1 Å². The van der Waals surface area contributed by atoms with Gasteiger partial charge in [-0.2, -0.15) is 9.78 Å². The standard InChI is InChI=1S/C18H16N8O2S/c1-11-6-2-5-9-14(11)26-18(23-24-25-26)29-10-15(27)20-22-17(28)16-12-7-3-4-8-13(12)19-21-16/h2-9H,10H2,1H3,(H,19,21)(H,20,27)(H,22,28). The number of aromatic amines is 1. The number of amides is 2. The zero-order valence-electron chi connectivity index (χ0n) is 15.3. The molecule has 2 heterocycles. The highest BCUT2D eigenvalue weighted by Gasteiger charge is 2.16. The Balaban J connectivity index is 1.35. The second kappa shape index (κ2) is 8.10. The lowest BCUT2D eigenvalue weighted by Crippen LogP contribution is -2.42. The third-order valence-corrected chi connectivity index (χ3v) is 5.04. The van der Waals surface area contributed by atoms with E-state index in [1.807, 2.05) is 49.4 Å². The molecule has 29 heavy (non-hydrogen) atoms. The first kappa shape index (κ1) is 18.6. The minimum atomic E-state index is -0.509. The van der Waals surface area contributed by atoms with E-state index in [1.54, 1.807) is 10.7 Å². The van der Waals surface area contributed by atoms with Crippen LogP contribution in [0.5, 0.6) is 0 Å². The molecule has 0 saturated carbocycles. The molecule has 0 spiro atoms. The van der Waals surface area contributed by atoms with E-state index < -0.39 is 11.8 Å². The average Bonchev–Trinajstić information content (AvgIpc) is 3.38. The molecular weight excluding hydrogens is 392 g/mol. The van der Waals surface area contributed by atoms with Crippen LogP contribution in [0.15, 0.2) is 53.7 Å². The number of carbonyl (C=O) groups excluding carboxylic acids is 2. The quantitative estimate of drug-likeness (QED) is 0.336. The lowest BCUT2D eigenvalue weighted by Gasteiger charge is -2.08. The maximum Gasteiger partial charge on any atom is 0.290 e. The van der Waals surface area contributed by atoms with Gasteiger partial charge in [-0.05, 0) is 35.0 Å². The van der Waals surface area contributed by atoms with E-state index in [-0.39, 0.29) is 11.4 Å². The van der Waals surface area contributed by atoms with Crippen molar-refractivity contribution < 1.29 is 9.59 Å². The number of carbonyl (C=O) groups is 2. The van der Waals surface area contributed by atoms with E-state index >= 15 is 0 Å². The van der Waals surface area contributed by atoms with Crippen LogP contribution in [0.3, 0.4) is 0 Å². The molecule has 0 bridgehead atoms. The maximum absolute atomic E-state index is 12.3. The topological polar surface area (TPSA) is 130 Å². The molecule has 11 heteroatoms. The first-order chi connectivity index (χ1) is 14.1. The molecule has 0 aliphatic heterocycles. The Morgan fingerprint density at radius 3 is 2.76 bits per heavy atom. The van der Waals surface area contributed by atoms with Crippen molar-refractivity contribution in [3.63, 3.8) is 0 Å². The van der Waals surface area contributed by atoms with Crippen LogP contribution in [-0.2, 0) is 4.79 Å². The molecule has 4 rings (SSSR count). The van der Waals surface area contributed by atoms with Crippen molar-refractivity contribution >= 4 is 34.5 Å². The monoisotopic (exact) mass is 408 g/mol. The number of hydrogen-bond donors (Lipinski definition) is 3. The molecule has 2 amide bonds. The summed E-state index contributed by atoms with van der Waals surface area (Å²) < 4.78 is 1.57. The minimum absolute atomic E-state index is 0.0217. The Kier molecular flexibility index (Phi) is 5.20. The highest BCUT2D eigenvalue weighted by atomic mass is 32.2. The van der Waals surface area contributed by atoms with Gasteiger partial charge in [-0.25, -0.2) is 0 Å². The number of fused-ring (bicyclic) bond motifs is 1. The predicted molar refractivity (Wildman–Crippen MR) is 106 cm³/mol. The fraction of sp³-hybridized carbons (Fsp3) is 0.111. The fourth-order valence-electron chi connectivity index (χ4n) is 2.71. The highest BCUT2D eigenvalue weighted by molar-refractivity contribution is 7.99. The normalized spacial score (nSPS) is 10.8. The van der Waals surface area contributed by atoms with Crippen molar-refractivity contribution in [2.45, 2.75) is 12.1 Å². The number of hydrogen-bond acceptors (Lipinski definition) is 7. The first-order valence-corrected chi connectivity index (χ1v) is 9.61. The molecule has 0 aliphatic carbocycles.